The van der Waals surface area contributed by atoms with Crippen molar-refractivity contribution in [1.82, 2.24) is 0 Å². The van der Waals surface area contributed by atoms with Gasteiger partial charge in [0.05, 0.1) is 30.3 Å². The second-order valence-corrected chi connectivity index (χ2v) is 8.63. The summed E-state index contributed by atoms with van der Waals surface area (Å²) in [5.41, 5.74) is -1.49. The van der Waals surface area contributed by atoms with Crippen LogP contribution in [0.15, 0.2) is 23.8 Å². The fourth-order valence-corrected chi connectivity index (χ4v) is 5.98. The highest BCUT2D eigenvalue weighted by atomic mass is 35.5. The number of carbonyl (C=O) groups is 1. The summed E-state index contributed by atoms with van der Waals surface area (Å²) in [4.78, 5) is 12.1. The van der Waals surface area contributed by atoms with Gasteiger partial charge in [-0.3, -0.25) is 0 Å². The Kier molecular flexibility index (Phi) is 3.73. The van der Waals surface area contributed by atoms with Crippen LogP contribution in [0.3, 0.4) is 0 Å². The predicted octanol–water partition coefficient (Wildman–Crippen LogP) is 2.36. The molecule has 0 unspecified atom stereocenters. The molecule has 3 fully saturated rings. The van der Waals surface area contributed by atoms with Crippen LogP contribution >= 0.6 is 11.6 Å². The Morgan fingerprint density at radius 1 is 1.48 bits per heavy atom. The maximum atomic E-state index is 12.1. The van der Waals surface area contributed by atoms with Gasteiger partial charge >= 0.3 is 5.97 Å². The molecule has 2 aliphatic carbocycles. The van der Waals surface area contributed by atoms with E-state index in [1.807, 2.05) is 26.8 Å². The summed E-state index contributed by atoms with van der Waals surface area (Å²) in [6, 6.07) is 0. The molecule has 4 aliphatic rings. The molecule has 8 atom stereocenters. The molecule has 2 saturated heterocycles. The van der Waals surface area contributed by atoms with E-state index in [0.717, 1.165) is 5.57 Å². The summed E-state index contributed by atoms with van der Waals surface area (Å²) in [6.45, 7) is 7.93. The van der Waals surface area contributed by atoms with Gasteiger partial charge in [0.25, 0.3) is 0 Å². The summed E-state index contributed by atoms with van der Waals surface area (Å²) >= 11 is 6.66. The van der Waals surface area contributed by atoms with Crippen molar-refractivity contribution >= 4 is 17.6 Å². The number of carbonyl (C=O) groups excluding carboxylic acids is 1. The Hall–Kier alpha value is -0.880. The first kappa shape index (κ1) is 17.5. The quantitative estimate of drug-likeness (QED) is 0.351. The molecular weight excluding hydrogens is 344 g/mol. The first-order valence-corrected chi connectivity index (χ1v) is 9.29. The number of esters is 1. The molecule has 2 heterocycles. The number of allylic oxidation sites excluding steroid dienone is 1. The number of aliphatic hydroxyl groups is 1. The van der Waals surface area contributed by atoms with E-state index in [2.05, 4.69) is 0 Å². The number of hydrogen-bond donors (Lipinski definition) is 1. The molecule has 1 saturated carbocycles. The van der Waals surface area contributed by atoms with Gasteiger partial charge in [0, 0.05) is 23.3 Å². The molecule has 4 rings (SSSR count). The maximum absolute atomic E-state index is 12.1. The minimum atomic E-state index is -1.20. The highest BCUT2D eigenvalue weighted by molar-refractivity contribution is 6.23. The van der Waals surface area contributed by atoms with Gasteiger partial charge in [0.15, 0.2) is 0 Å². The van der Waals surface area contributed by atoms with Gasteiger partial charge < -0.3 is 19.3 Å². The van der Waals surface area contributed by atoms with Crippen LogP contribution < -0.4 is 0 Å². The Labute approximate surface area is 153 Å². The van der Waals surface area contributed by atoms with Gasteiger partial charge in [-0.05, 0) is 13.8 Å². The first-order valence-electron chi connectivity index (χ1n) is 8.85. The van der Waals surface area contributed by atoms with E-state index in [-0.39, 0.29) is 24.2 Å². The molecule has 2 aliphatic heterocycles. The van der Waals surface area contributed by atoms with Crippen molar-refractivity contribution in [3.05, 3.63) is 23.8 Å². The van der Waals surface area contributed by atoms with Crippen LogP contribution in [0.25, 0.3) is 0 Å². The Balaban J connectivity index is 1.84. The zero-order chi connectivity index (χ0) is 18.2. The highest BCUT2D eigenvalue weighted by Crippen LogP contribution is 2.69. The average molecular weight is 369 g/mol. The molecule has 0 aromatic rings. The zero-order valence-corrected chi connectivity index (χ0v) is 15.7. The van der Waals surface area contributed by atoms with Crippen LogP contribution in [0, 0.1) is 10.8 Å². The molecular formula is C19H25ClO5. The highest BCUT2D eigenvalue weighted by Gasteiger charge is 2.80. The van der Waals surface area contributed by atoms with Crippen LogP contribution in [-0.4, -0.2) is 53.1 Å². The normalized spacial score (nSPS) is 53.7. The first-order chi connectivity index (χ1) is 11.7. The summed E-state index contributed by atoms with van der Waals surface area (Å²) in [7, 11) is 0. The third-order valence-electron chi connectivity index (χ3n) is 7.28. The van der Waals surface area contributed by atoms with E-state index in [1.54, 1.807) is 13.0 Å². The molecule has 0 radical (unpaired) electrons. The lowest BCUT2D eigenvalue weighted by atomic mass is 9.48. The molecule has 0 amide bonds. The van der Waals surface area contributed by atoms with Gasteiger partial charge in [-0.25, -0.2) is 4.79 Å². The lowest BCUT2D eigenvalue weighted by Crippen LogP contribution is -2.78. The largest absolute Gasteiger partial charge is 0.458 e. The maximum Gasteiger partial charge on any atom is 0.330 e. The van der Waals surface area contributed by atoms with E-state index in [9.17, 15) is 9.90 Å². The number of rotatable bonds is 2. The third-order valence-corrected chi connectivity index (χ3v) is 7.85. The van der Waals surface area contributed by atoms with E-state index >= 15 is 0 Å². The summed E-state index contributed by atoms with van der Waals surface area (Å²) in [5.74, 6) is -0.397. The molecule has 0 aromatic carbocycles. The smallest absolute Gasteiger partial charge is 0.330 e. The Bertz CT molecular complexity index is 675. The van der Waals surface area contributed by atoms with Gasteiger partial charge in [-0.2, -0.15) is 0 Å². The van der Waals surface area contributed by atoms with E-state index in [0.29, 0.717) is 6.42 Å². The van der Waals surface area contributed by atoms with Crippen molar-refractivity contribution < 1.29 is 24.1 Å². The van der Waals surface area contributed by atoms with Crippen LogP contribution in [-0.2, 0) is 19.0 Å². The van der Waals surface area contributed by atoms with Gasteiger partial charge in [-0.15, -0.1) is 11.6 Å². The predicted molar refractivity (Wildman–Crippen MR) is 92.3 cm³/mol. The van der Waals surface area contributed by atoms with Gasteiger partial charge in [0.1, 0.15) is 11.7 Å². The Morgan fingerprint density at radius 3 is 2.88 bits per heavy atom. The number of ether oxygens (including phenoxy) is 3. The van der Waals surface area contributed by atoms with Crippen LogP contribution in [0.4, 0.5) is 0 Å². The molecule has 0 spiro atoms. The van der Waals surface area contributed by atoms with Crippen molar-refractivity contribution in [2.75, 3.05) is 6.61 Å². The van der Waals surface area contributed by atoms with Crippen molar-refractivity contribution in [1.29, 1.82) is 0 Å². The molecule has 1 N–H and O–H groups in total. The van der Waals surface area contributed by atoms with Crippen molar-refractivity contribution in [2.45, 2.75) is 69.5 Å². The van der Waals surface area contributed by atoms with Gasteiger partial charge in [-0.1, -0.05) is 31.6 Å². The average Bonchev–Trinajstić information content (AvgIpc) is 2.69. The molecule has 4 bridgehead atoms. The standard InChI is InChI=1S/C19H25ClO5/c1-5-6-14(21)25-12-8-13-19(22)9-23-16-15(20)10(2)7-11(24-13)17(16,3)18(12,19)4/h5-7,11-13,15-16,22H,8-9H2,1-4H3/b6-5-/t11-,12-,13-,15-,16+,17-,18-,19+/m1/s1. The van der Waals surface area contributed by atoms with Crippen LogP contribution in [0.5, 0.6) is 0 Å². The van der Waals surface area contributed by atoms with Crippen LogP contribution in [0.1, 0.15) is 34.1 Å². The fourth-order valence-electron chi connectivity index (χ4n) is 5.58. The topological polar surface area (TPSA) is 65.0 Å². The SMILES string of the molecule is C/C=C\C(=O)O[C@@H]1C[C@H]2O[C@@H]3C=C(C)[C@@H](Cl)[C@@H]4OC[C@@]2(O)[C@@]1(C)[C@]34C. The van der Waals surface area contributed by atoms with Crippen molar-refractivity contribution in [2.24, 2.45) is 10.8 Å². The summed E-state index contributed by atoms with van der Waals surface area (Å²) in [6.07, 6.45) is 4.13. The summed E-state index contributed by atoms with van der Waals surface area (Å²) < 4.78 is 18.2. The van der Waals surface area contributed by atoms with E-state index in [1.165, 1.54) is 6.08 Å². The number of hydrogen-bond acceptors (Lipinski definition) is 5. The zero-order valence-electron chi connectivity index (χ0n) is 15.0. The second-order valence-electron chi connectivity index (χ2n) is 8.16. The van der Waals surface area contributed by atoms with E-state index in [4.69, 9.17) is 25.8 Å². The lowest BCUT2D eigenvalue weighted by molar-refractivity contribution is -0.352. The Morgan fingerprint density at radius 2 is 2.20 bits per heavy atom. The fraction of sp³-hybridized carbons (Fsp3) is 0.737. The second kappa shape index (κ2) is 5.32. The minimum absolute atomic E-state index is 0.134. The summed E-state index contributed by atoms with van der Waals surface area (Å²) in [5, 5.41) is 11.2. The molecule has 6 heteroatoms. The van der Waals surface area contributed by atoms with Crippen molar-refractivity contribution in [3.63, 3.8) is 0 Å². The monoisotopic (exact) mass is 368 g/mol. The van der Waals surface area contributed by atoms with Gasteiger partial charge in [0.2, 0.25) is 0 Å². The minimum Gasteiger partial charge on any atom is -0.458 e. The van der Waals surface area contributed by atoms with Crippen LogP contribution in [0.2, 0.25) is 0 Å². The molecule has 0 aromatic heterocycles. The molecule has 25 heavy (non-hydrogen) atoms. The van der Waals surface area contributed by atoms with E-state index < -0.39 is 34.6 Å². The number of alkyl halides is 1. The van der Waals surface area contributed by atoms with Crippen molar-refractivity contribution in [3.8, 4) is 0 Å². The lowest BCUT2D eigenvalue weighted by Gasteiger charge is -2.67. The number of halogens is 1. The third kappa shape index (κ3) is 1.88. The molecule has 138 valence electrons. The molecule has 5 nitrogen and oxygen atoms in total.